The zero-order valence-corrected chi connectivity index (χ0v) is 24.1. The first-order valence-corrected chi connectivity index (χ1v) is 15.3. The molecule has 12 heteroatoms. The molecular weight excluding hydrogens is 548 g/mol. The Hall–Kier alpha value is -3.32. The van der Waals surface area contributed by atoms with E-state index in [1.807, 2.05) is 12.1 Å². The van der Waals surface area contributed by atoms with Crippen molar-refractivity contribution in [1.82, 2.24) is 4.90 Å². The molecular formula is C29H33N4O7S+. The molecule has 5 aliphatic rings. The zero-order chi connectivity index (χ0) is 29.3. The van der Waals surface area contributed by atoms with Crippen molar-refractivity contribution in [2.75, 3.05) is 37.2 Å². The largest absolute Gasteiger partial charge is 0.477 e. The topological polar surface area (TPSA) is 137 Å². The van der Waals surface area contributed by atoms with Crippen molar-refractivity contribution in [3.05, 3.63) is 46.7 Å². The average Bonchev–Trinajstić information content (AvgIpc) is 3.48. The third-order valence-electron chi connectivity index (χ3n) is 10.6. The van der Waals surface area contributed by atoms with Gasteiger partial charge in [-0.3, -0.25) is 19.0 Å². The van der Waals surface area contributed by atoms with E-state index in [-0.39, 0.29) is 22.7 Å². The number of carboxylic acid groups (broad SMARTS) is 1. The van der Waals surface area contributed by atoms with Crippen LogP contribution >= 0.6 is 0 Å². The SMILES string of the molecule is C=N[C@]12[C@@H](C)C(CN3c4cccc5c6c(cc(c45)S3(=O)=O)C[N+]3(CCOCC3)C6)=C(C(=O)O)N1C(=O)[C@]2(C)[C@@H](C)O. The maximum Gasteiger partial charge on any atom is 0.352 e. The normalized spacial score (nSPS) is 31.4. The number of morpholine rings is 1. The molecule has 1 spiro atoms. The minimum atomic E-state index is -4.05. The summed E-state index contributed by atoms with van der Waals surface area (Å²) in [5.41, 5.74) is -0.238. The number of aliphatic hydroxyl groups excluding tert-OH is 1. The molecule has 2 aromatic rings. The lowest BCUT2D eigenvalue weighted by Gasteiger charge is -2.61. The molecule has 0 radical (unpaired) electrons. The molecule has 1 amide bonds. The van der Waals surface area contributed by atoms with Gasteiger partial charge in [0.2, 0.25) is 5.91 Å². The van der Waals surface area contributed by atoms with Crippen LogP contribution in [0.25, 0.3) is 10.8 Å². The van der Waals surface area contributed by atoms with Crippen LogP contribution in [0.15, 0.2) is 45.4 Å². The number of amides is 1. The second-order valence-corrected chi connectivity index (χ2v) is 14.1. The summed E-state index contributed by atoms with van der Waals surface area (Å²) in [6.45, 7) is 12.9. The predicted molar refractivity (Wildman–Crippen MR) is 149 cm³/mol. The molecule has 5 aliphatic heterocycles. The van der Waals surface area contributed by atoms with Gasteiger partial charge < -0.3 is 19.4 Å². The fraction of sp³-hybridized carbons (Fsp3) is 0.483. The molecule has 2 N–H and O–H groups in total. The van der Waals surface area contributed by atoms with Crippen molar-refractivity contribution in [1.29, 1.82) is 0 Å². The van der Waals surface area contributed by atoms with E-state index >= 15 is 0 Å². The lowest BCUT2D eigenvalue weighted by molar-refractivity contribution is -0.953. The first-order chi connectivity index (χ1) is 19.4. The van der Waals surface area contributed by atoms with Crippen molar-refractivity contribution < 1.29 is 37.4 Å². The summed E-state index contributed by atoms with van der Waals surface area (Å²) in [6, 6.07) is 7.37. The van der Waals surface area contributed by atoms with E-state index in [0.717, 1.165) is 52.1 Å². The lowest BCUT2D eigenvalue weighted by Crippen LogP contribution is -2.78. The molecule has 2 aromatic carbocycles. The molecule has 0 bridgehead atoms. The van der Waals surface area contributed by atoms with Crippen LogP contribution in [0.3, 0.4) is 0 Å². The van der Waals surface area contributed by atoms with Gasteiger partial charge in [-0.05, 0) is 43.7 Å². The monoisotopic (exact) mass is 581 g/mol. The molecule has 11 nitrogen and oxygen atoms in total. The number of aliphatic imine (C=N–C) groups is 1. The van der Waals surface area contributed by atoms with Crippen LogP contribution in [-0.4, -0.2) is 91.2 Å². The minimum absolute atomic E-state index is 0.225. The maximum atomic E-state index is 14.2. The summed E-state index contributed by atoms with van der Waals surface area (Å²) in [4.78, 5) is 31.5. The Balaban J connectivity index is 1.35. The van der Waals surface area contributed by atoms with Gasteiger partial charge in [-0.2, -0.15) is 0 Å². The second-order valence-electron chi connectivity index (χ2n) is 12.2. The highest BCUT2D eigenvalue weighted by Gasteiger charge is 2.77. The van der Waals surface area contributed by atoms with Gasteiger partial charge in [0, 0.05) is 22.4 Å². The summed E-state index contributed by atoms with van der Waals surface area (Å²) in [5, 5.41) is 22.4. The smallest absolute Gasteiger partial charge is 0.352 e. The summed E-state index contributed by atoms with van der Waals surface area (Å²) >= 11 is 0. The summed E-state index contributed by atoms with van der Waals surface area (Å²) < 4.78 is 36.1. The van der Waals surface area contributed by atoms with Crippen LogP contribution in [0.5, 0.6) is 0 Å². The number of anilines is 1. The molecule has 0 unspecified atom stereocenters. The van der Waals surface area contributed by atoms with Gasteiger partial charge in [0.05, 0.1) is 36.4 Å². The van der Waals surface area contributed by atoms with Crippen molar-refractivity contribution in [2.45, 2.75) is 50.5 Å². The average molecular weight is 582 g/mol. The number of fused-ring (bicyclic) bond motifs is 3. The van der Waals surface area contributed by atoms with Gasteiger partial charge in [0.1, 0.15) is 37.3 Å². The highest BCUT2D eigenvalue weighted by molar-refractivity contribution is 7.93. The molecule has 7 rings (SSSR count). The number of rotatable bonds is 5. The number of hydrogen-bond donors (Lipinski definition) is 2. The molecule has 0 aromatic heterocycles. The molecule has 0 aliphatic carbocycles. The molecule has 2 fully saturated rings. The van der Waals surface area contributed by atoms with E-state index in [4.69, 9.17) is 4.74 Å². The Labute approximate surface area is 237 Å². The number of carbonyl (C=O) groups is 2. The lowest BCUT2D eigenvalue weighted by atomic mass is 9.60. The van der Waals surface area contributed by atoms with E-state index in [9.17, 15) is 28.2 Å². The highest BCUT2D eigenvalue weighted by Crippen LogP contribution is 2.63. The number of aliphatic hydroxyl groups is 1. The predicted octanol–water partition coefficient (Wildman–Crippen LogP) is 1.82. The quantitative estimate of drug-likeness (QED) is 0.312. The van der Waals surface area contributed by atoms with Gasteiger partial charge in [-0.15, -0.1) is 0 Å². The summed E-state index contributed by atoms with van der Waals surface area (Å²) in [7, 11) is -4.05. The first kappa shape index (κ1) is 26.6. The van der Waals surface area contributed by atoms with E-state index in [1.54, 1.807) is 26.0 Å². The third kappa shape index (κ3) is 2.93. The van der Waals surface area contributed by atoms with Gasteiger partial charge in [-0.25, -0.2) is 13.2 Å². The van der Waals surface area contributed by atoms with Crippen molar-refractivity contribution >= 4 is 45.1 Å². The standard InChI is InChI=1S/C29H32N4O7S/c1-16-20(25(26(35)36)32-27(37)28(3,17(2)34)29(16,32)30-4)13-31-22-7-5-6-19-21-15-33(8-10-40-11-9-33)14-18(21)12-23(24(19)22)41(31,38)39/h5-7,12,16-17,34H,4,8-11,13-15H2,1-3H3/p+1/t16-,17+,28-,29+/m0/s1. The summed E-state index contributed by atoms with van der Waals surface area (Å²) in [5.74, 6) is -2.65. The molecule has 41 heavy (non-hydrogen) atoms. The number of ether oxygens (including phenoxy) is 1. The molecule has 5 heterocycles. The van der Waals surface area contributed by atoms with E-state index < -0.39 is 45.0 Å². The van der Waals surface area contributed by atoms with Crippen LogP contribution in [0.2, 0.25) is 0 Å². The Kier molecular flexibility index (Phi) is 5.28. The minimum Gasteiger partial charge on any atom is -0.477 e. The second kappa shape index (κ2) is 8.15. The summed E-state index contributed by atoms with van der Waals surface area (Å²) in [6.07, 6.45) is -1.14. The maximum absolute atomic E-state index is 14.2. The van der Waals surface area contributed by atoms with Crippen LogP contribution in [-0.2, 0) is 37.4 Å². The number of hydrogen-bond acceptors (Lipinski definition) is 7. The number of nitrogens with zero attached hydrogens (tertiary/aromatic N) is 4. The van der Waals surface area contributed by atoms with E-state index in [0.29, 0.717) is 24.3 Å². The third-order valence-corrected chi connectivity index (χ3v) is 12.3. The Morgan fingerprint density at radius 1 is 1.29 bits per heavy atom. The number of quaternary nitrogens is 1. The van der Waals surface area contributed by atoms with Crippen LogP contribution < -0.4 is 4.31 Å². The van der Waals surface area contributed by atoms with Gasteiger partial charge in [0.25, 0.3) is 10.0 Å². The Bertz CT molecular complexity index is 1730. The number of carbonyl (C=O) groups excluding carboxylic acids is 1. The van der Waals surface area contributed by atoms with Crippen molar-refractivity contribution in [2.24, 2.45) is 16.3 Å². The van der Waals surface area contributed by atoms with E-state index in [1.165, 1.54) is 11.2 Å². The number of benzene rings is 2. The molecule has 0 saturated carbocycles. The Morgan fingerprint density at radius 3 is 2.63 bits per heavy atom. The first-order valence-electron chi connectivity index (χ1n) is 13.9. The number of aliphatic carboxylic acids is 1. The number of carboxylic acids is 1. The molecule has 2 saturated heterocycles. The molecule has 216 valence electrons. The van der Waals surface area contributed by atoms with Crippen LogP contribution in [0.4, 0.5) is 5.69 Å². The zero-order valence-electron chi connectivity index (χ0n) is 23.3. The van der Waals surface area contributed by atoms with Gasteiger partial charge >= 0.3 is 5.97 Å². The van der Waals surface area contributed by atoms with Gasteiger partial charge in [-0.1, -0.05) is 19.1 Å². The number of sulfonamides is 1. The van der Waals surface area contributed by atoms with Crippen LogP contribution in [0.1, 0.15) is 31.9 Å². The van der Waals surface area contributed by atoms with Crippen molar-refractivity contribution in [3.8, 4) is 0 Å². The molecule has 4 atom stereocenters. The van der Waals surface area contributed by atoms with E-state index in [2.05, 4.69) is 11.7 Å². The highest BCUT2D eigenvalue weighted by atomic mass is 32.2. The van der Waals surface area contributed by atoms with Crippen molar-refractivity contribution in [3.63, 3.8) is 0 Å². The fourth-order valence-electron chi connectivity index (χ4n) is 8.19. The Morgan fingerprint density at radius 2 is 2.00 bits per heavy atom. The fourth-order valence-corrected chi connectivity index (χ4v) is 9.91. The van der Waals surface area contributed by atoms with Gasteiger partial charge in [0.15, 0.2) is 5.66 Å². The van der Waals surface area contributed by atoms with Crippen LogP contribution in [0, 0.1) is 11.3 Å². The number of β-lactam (4-membered cyclic amide) rings is 1.